The van der Waals surface area contributed by atoms with Gasteiger partial charge in [0.25, 0.3) is 21.8 Å². The molecule has 0 fully saturated rings. The zero-order valence-electron chi connectivity index (χ0n) is 19.1. The number of aryl methyl sites for hydroxylation is 3. The molecule has 0 aliphatic carbocycles. The molecule has 0 aliphatic heterocycles. The SMILES string of the molecule is Cc1ccc(NS(=O)(=O)c2ccc(C)c(C(=O)NCCNC(=O)c3ccc(C)c(F)c3)c2)cc1. The predicted molar refractivity (Wildman–Crippen MR) is 129 cm³/mol. The average Bonchev–Trinajstić information content (AvgIpc) is 2.79. The molecule has 7 nitrogen and oxygen atoms in total. The Morgan fingerprint density at radius 2 is 1.41 bits per heavy atom. The summed E-state index contributed by atoms with van der Waals surface area (Å²) in [5.74, 6) is -1.40. The van der Waals surface area contributed by atoms with Crippen LogP contribution in [-0.4, -0.2) is 33.3 Å². The molecule has 3 N–H and O–H groups in total. The Bertz CT molecular complexity index is 1320. The maximum atomic E-state index is 13.6. The van der Waals surface area contributed by atoms with Crippen LogP contribution in [0.15, 0.2) is 65.6 Å². The standard InChI is InChI=1S/C25H26FN3O4S/c1-16-4-9-20(10-5-16)29-34(32,33)21-11-7-17(2)22(15-21)25(31)28-13-12-27-24(30)19-8-6-18(3)23(26)14-19/h4-11,14-15,29H,12-13H2,1-3H3,(H,27,30)(H,28,31). The molecule has 0 saturated carbocycles. The van der Waals surface area contributed by atoms with Gasteiger partial charge in [-0.15, -0.1) is 0 Å². The van der Waals surface area contributed by atoms with Gasteiger partial charge in [0.1, 0.15) is 5.82 Å². The molecule has 2 amide bonds. The fourth-order valence-electron chi connectivity index (χ4n) is 3.13. The smallest absolute Gasteiger partial charge is 0.261 e. The Balaban J connectivity index is 1.61. The number of anilines is 1. The third-order valence-corrected chi connectivity index (χ3v) is 6.58. The third-order valence-electron chi connectivity index (χ3n) is 5.20. The van der Waals surface area contributed by atoms with Crippen molar-refractivity contribution in [2.45, 2.75) is 25.7 Å². The van der Waals surface area contributed by atoms with Gasteiger partial charge in [-0.05, 0) is 68.3 Å². The first kappa shape index (κ1) is 24.9. The molecule has 3 rings (SSSR count). The van der Waals surface area contributed by atoms with Crippen LogP contribution in [0.25, 0.3) is 0 Å². The third kappa shape index (κ3) is 6.20. The van der Waals surface area contributed by atoms with Crippen molar-refractivity contribution in [2.24, 2.45) is 0 Å². The summed E-state index contributed by atoms with van der Waals surface area (Å²) in [5.41, 5.74) is 2.85. The van der Waals surface area contributed by atoms with E-state index in [0.29, 0.717) is 16.8 Å². The molecule has 0 unspecified atom stereocenters. The minimum absolute atomic E-state index is 0.0430. The lowest BCUT2D eigenvalue weighted by Gasteiger charge is -2.12. The van der Waals surface area contributed by atoms with Crippen LogP contribution in [0.5, 0.6) is 0 Å². The highest BCUT2D eigenvalue weighted by molar-refractivity contribution is 7.92. The van der Waals surface area contributed by atoms with Crippen LogP contribution in [-0.2, 0) is 10.0 Å². The van der Waals surface area contributed by atoms with Gasteiger partial charge in [-0.3, -0.25) is 14.3 Å². The first-order valence-corrected chi connectivity index (χ1v) is 12.1. The molecule has 34 heavy (non-hydrogen) atoms. The molecule has 0 heterocycles. The van der Waals surface area contributed by atoms with Gasteiger partial charge in [-0.25, -0.2) is 12.8 Å². The Morgan fingerprint density at radius 1 is 0.794 bits per heavy atom. The van der Waals surface area contributed by atoms with E-state index < -0.39 is 27.7 Å². The average molecular weight is 484 g/mol. The van der Waals surface area contributed by atoms with E-state index in [0.717, 1.165) is 11.6 Å². The van der Waals surface area contributed by atoms with E-state index in [1.54, 1.807) is 44.2 Å². The summed E-state index contributed by atoms with van der Waals surface area (Å²) in [6, 6.07) is 15.4. The highest BCUT2D eigenvalue weighted by atomic mass is 32.2. The second kappa shape index (κ2) is 10.5. The molecule has 9 heteroatoms. The van der Waals surface area contributed by atoms with E-state index in [9.17, 15) is 22.4 Å². The van der Waals surface area contributed by atoms with Crippen LogP contribution in [0.2, 0.25) is 0 Å². The van der Waals surface area contributed by atoms with Crippen molar-refractivity contribution in [2.75, 3.05) is 17.8 Å². The number of nitrogens with one attached hydrogen (secondary N) is 3. The number of amides is 2. The van der Waals surface area contributed by atoms with Crippen molar-refractivity contribution < 1.29 is 22.4 Å². The minimum Gasteiger partial charge on any atom is -0.350 e. The molecule has 0 aromatic heterocycles. The van der Waals surface area contributed by atoms with Crippen molar-refractivity contribution in [3.8, 4) is 0 Å². The van der Waals surface area contributed by atoms with Crippen LogP contribution in [0.4, 0.5) is 10.1 Å². The Labute approximate surface area is 198 Å². The van der Waals surface area contributed by atoms with Gasteiger partial charge in [0.05, 0.1) is 4.90 Å². The molecular weight excluding hydrogens is 457 g/mol. The van der Waals surface area contributed by atoms with Crippen LogP contribution >= 0.6 is 0 Å². The molecule has 0 atom stereocenters. The molecule has 0 radical (unpaired) electrons. The Hall–Kier alpha value is -3.72. The van der Waals surface area contributed by atoms with Crippen molar-refractivity contribution in [3.05, 3.63) is 94.3 Å². The van der Waals surface area contributed by atoms with E-state index in [1.807, 2.05) is 6.92 Å². The van der Waals surface area contributed by atoms with Gasteiger partial charge < -0.3 is 10.6 Å². The van der Waals surface area contributed by atoms with E-state index in [2.05, 4.69) is 15.4 Å². The Kier molecular flexibility index (Phi) is 7.68. The lowest BCUT2D eigenvalue weighted by molar-refractivity contribution is 0.0927. The molecule has 0 aliphatic rings. The normalized spacial score (nSPS) is 11.1. The summed E-state index contributed by atoms with van der Waals surface area (Å²) in [7, 11) is -3.89. The van der Waals surface area contributed by atoms with E-state index >= 15 is 0 Å². The summed E-state index contributed by atoms with van der Waals surface area (Å²) in [5, 5.41) is 5.27. The zero-order valence-corrected chi connectivity index (χ0v) is 19.9. The van der Waals surface area contributed by atoms with Crippen molar-refractivity contribution in [3.63, 3.8) is 0 Å². The summed E-state index contributed by atoms with van der Waals surface area (Å²) in [6.45, 7) is 5.43. The number of sulfonamides is 1. The summed E-state index contributed by atoms with van der Waals surface area (Å²) < 4.78 is 41.7. The van der Waals surface area contributed by atoms with Crippen LogP contribution in [0, 0.1) is 26.6 Å². The number of hydrogen-bond donors (Lipinski definition) is 3. The molecule has 3 aromatic carbocycles. The monoisotopic (exact) mass is 483 g/mol. The molecule has 0 spiro atoms. The first-order chi connectivity index (χ1) is 16.1. The van der Waals surface area contributed by atoms with Crippen LogP contribution in [0.1, 0.15) is 37.4 Å². The van der Waals surface area contributed by atoms with Gasteiger partial charge >= 0.3 is 0 Å². The second-order valence-electron chi connectivity index (χ2n) is 7.92. The largest absolute Gasteiger partial charge is 0.350 e. The molecule has 178 valence electrons. The number of rotatable bonds is 8. The highest BCUT2D eigenvalue weighted by Gasteiger charge is 2.18. The van der Waals surface area contributed by atoms with E-state index in [4.69, 9.17) is 0 Å². The van der Waals surface area contributed by atoms with Gasteiger partial charge in [-0.2, -0.15) is 0 Å². The maximum absolute atomic E-state index is 13.6. The summed E-state index contributed by atoms with van der Waals surface area (Å²) in [6.07, 6.45) is 0. The van der Waals surface area contributed by atoms with Crippen LogP contribution < -0.4 is 15.4 Å². The Morgan fingerprint density at radius 3 is 2.06 bits per heavy atom. The lowest BCUT2D eigenvalue weighted by atomic mass is 10.1. The second-order valence-corrected chi connectivity index (χ2v) is 9.61. The molecular formula is C25H26FN3O4S. The number of carbonyl (C=O) groups excluding carboxylic acids is 2. The zero-order chi connectivity index (χ0) is 24.9. The minimum atomic E-state index is -3.89. The van der Waals surface area contributed by atoms with E-state index in [-0.39, 0.29) is 29.1 Å². The molecule has 3 aromatic rings. The summed E-state index contributed by atoms with van der Waals surface area (Å²) >= 11 is 0. The lowest BCUT2D eigenvalue weighted by Crippen LogP contribution is -2.35. The molecule has 0 bridgehead atoms. The maximum Gasteiger partial charge on any atom is 0.261 e. The number of benzene rings is 3. The van der Waals surface area contributed by atoms with Crippen LogP contribution in [0.3, 0.4) is 0 Å². The predicted octanol–water partition coefficient (Wildman–Crippen LogP) is 3.71. The first-order valence-electron chi connectivity index (χ1n) is 10.6. The topological polar surface area (TPSA) is 104 Å². The fourth-order valence-corrected chi connectivity index (χ4v) is 4.22. The highest BCUT2D eigenvalue weighted by Crippen LogP contribution is 2.20. The van der Waals surface area contributed by atoms with Crippen molar-refractivity contribution in [1.29, 1.82) is 0 Å². The van der Waals surface area contributed by atoms with E-state index in [1.165, 1.54) is 24.3 Å². The fraction of sp³-hybridized carbons (Fsp3) is 0.200. The quantitative estimate of drug-likeness (QED) is 0.425. The molecule has 0 saturated heterocycles. The van der Waals surface area contributed by atoms with Gasteiger partial charge in [0.15, 0.2) is 0 Å². The number of halogens is 1. The number of carbonyl (C=O) groups is 2. The number of hydrogen-bond acceptors (Lipinski definition) is 4. The summed E-state index contributed by atoms with van der Waals surface area (Å²) in [4.78, 5) is 24.7. The van der Waals surface area contributed by atoms with Crippen molar-refractivity contribution >= 4 is 27.5 Å². The van der Waals surface area contributed by atoms with Crippen molar-refractivity contribution in [1.82, 2.24) is 10.6 Å². The van der Waals surface area contributed by atoms with Gasteiger partial charge in [-0.1, -0.05) is 29.8 Å². The van der Waals surface area contributed by atoms with Gasteiger partial charge in [0.2, 0.25) is 0 Å². The van der Waals surface area contributed by atoms with Gasteiger partial charge in [0, 0.05) is 29.9 Å².